The van der Waals surface area contributed by atoms with E-state index in [9.17, 15) is 13.6 Å². The molecule has 0 radical (unpaired) electrons. The lowest BCUT2D eigenvalue weighted by atomic mass is 10.2. The number of benzene rings is 1. The maximum atomic E-state index is 12.8. The molecule has 1 unspecified atom stereocenters. The van der Waals surface area contributed by atoms with E-state index in [1.807, 2.05) is 0 Å². The quantitative estimate of drug-likeness (QED) is 0.863. The molecule has 17 heavy (non-hydrogen) atoms. The molecule has 0 aliphatic heterocycles. The van der Waals surface area contributed by atoms with Gasteiger partial charge in [-0.15, -0.1) is 12.4 Å². The van der Waals surface area contributed by atoms with E-state index in [0.29, 0.717) is 0 Å². The zero-order chi connectivity index (χ0) is 12.1. The van der Waals surface area contributed by atoms with Crippen molar-refractivity contribution in [2.45, 2.75) is 6.04 Å². The topological polar surface area (TPSA) is 64.3 Å². The number of hydrogen-bond donors (Lipinski definition) is 2. The molecule has 0 spiro atoms. The van der Waals surface area contributed by atoms with Gasteiger partial charge >= 0.3 is 0 Å². The van der Waals surface area contributed by atoms with E-state index in [1.165, 1.54) is 13.2 Å². The summed E-state index contributed by atoms with van der Waals surface area (Å²) in [6.45, 7) is 0.0511. The first-order chi connectivity index (χ1) is 7.54. The highest BCUT2D eigenvalue weighted by Gasteiger charge is 2.13. The van der Waals surface area contributed by atoms with Crippen LogP contribution in [0.4, 0.5) is 14.5 Å². The van der Waals surface area contributed by atoms with Gasteiger partial charge in [-0.1, -0.05) is 0 Å². The molecule has 0 bridgehead atoms. The molecule has 7 heteroatoms. The van der Waals surface area contributed by atoms with Crippen molar-refractivity contribution in [3.8, 4) is 0 Å². The number of ether oxygens (including phenoxy) is 1. The third-order valence-corrected chi connectivity index (χ3v) is 1.87. The van der Waals surface area contributed by atoms with E-state index >= 15 is 0 Å². The number of halogens is 3. The van der Waals surface area contributed by atoms with Crippen molar-refractivity contribution in [1.29, 1.82) is 0 Å². The zero-order valence-corrected chi connectivity index (χ0v) is 9.89. The van der Waals surface area contributed by atoms with Gasteiger partial charge in [0.2, 0.25) is 5.91 Å². The van der Waals surface area contributed by atoms with Crippen molar-refractivity contribution in [3.05, 3.63) is 29.8 Å². The Labute approximate surface area is 104 Å². The summed E-state index contributed by atoms with van der Waals surface area (Å²) in [6, 6.07) is 2.20. The van der Waals surface area contributed by atoms with E-state index in [0.717, 1.165) is 12.1 Å². The van der Waals surface area contributed by atoms with Crippen LogP contribution in [0.15, 0.2) is 18.2 Å². The predicted molar refractivity (Wildman–Crippen MR) is 62.1 cm³/mol. The van der Waals surface area contributed by atoms with Crippen LogP contribution < -0.4 is 11.1 Å². The summed E-state index contributed by atoms with van der Waals surface area (Å²) < 4.78 is 30.1. The molecule has 0 aliphatic rings. The lowest BCUT2D eigenvalue weighted by Gasteiger charge is -2.11. The Bertz CT molecular complexity index is 391. The molecule has 0 saturated carbocycles. The van der Waals surface area contributed by atoms with Crippen LogP contribution in [0.5, 0.6) is 0 Å². The van der Waals surface area contributed by atoms with Crippen LogP contribution in [0.2, 0.25) is 0 Å². The molecule has 96 valence electrons. The molecular weight excluding hydrogens is 254 g/mol. The second-order valence-corrected chi connectivity index (χ2v) is 3.18. The molecule has 1 atom stereocenters. The molecule has 1 rings (SSSR count). The third-order valence-electron chi connectivity index (χ3n) is 1.87. The first-order valence-corrected chi connectivity index (χ1v) is 4.55. The fraction of sp³-hybridized carbons (Fsp3) is 0.300. The summed E-state index contributed by atoms with van der Waals surface area (Å²) in [5, 5.41) is 2.34. The van der Waals surface area contributed by atoms with Gasteiger partial charge in [0.1, 0.15) is 6.04 Å². The van der Waals surface area contributed by atoms with E-state index in [4.69, 9.17) is 5.73 Å². The van der Waals surface area contributed by atoms with Gasteiger partial charge in [0, 0.05) is 18.9 Å². The molecule has 0 aromatic heterocycles. The number of nitrogens with one attached hydrogen (secondary N) is 1. The summed E-state index contributed by atoms with van der Waals surface area (Å²) in [6.07, 6.45) is 0. The number of carbonyl (C=O) groups is 1. The van der Waals surface area contributed by atoms with Crippen LogP contribution in [-0.2, 0) is 9.53 Å². The Hall–Kier alpha value is -1.24. The first kappa shape index (κ1) is 15.8. The van der Waals surface area contributed by atoms with E-state index in [1.54, 1.807) is 0 Å². The van der Waals surface area contributed by atoms with Gasteiger partial charge in [0.25, 0.3) is 0 Å². The highest BCUT2D eigenvalue weighted by atomic mass is 35.5. The molecular formula is C10H13ClF2N2O2. The Morgan fingerprint density at radius 3 is 2.65 bits per heavy atom. The van der Waals surface area contributed by atoms with Crippen LogP contribution in [0.1, 0.15) is 0 Å². The van der Waals surface area contributed by atoms with Crippen LogP contribution in [0.25, 0.3) is 0 Å². The highest BCUT2D eigenvalue weighted by molar-refractivity contribution is 5.94. The smallest absolute Gasteiger partial charge is 0.243 e. The van der Waals surface area contributed by atoms with E-state index < -0.39 is 23.6 Å². The number of carbonyl (C=O) groups excluding carboxylic acids is 1. The normalized spacial score (nSPS) is 11.5. The standard InChI is InChI=1S/C10H12F2N2O2.ClH/c1-16-5-9(13)10(15)14-6-2-3-7(11)8(12)4-6;/h2-4,9H,5,13H2,1H3,(H,14,15);1H. The van der Waals surface area contributed by atoms with Crippen LogP contribution in [0.3, 0.4) is 0 Å². The lowest BCUT2D eigenvalue weighted by molar-refractivity contribution is -0.118. The van der Waals surface area contributed by atoms with Gasteiger partial charge in [-0.05, 0) is 12.1 Å². The Morgan fingerprint density at radius 1 is 1.47 bits per heavy atom. The molecule has 0 aliphatic carbocycles. The second kappa shape index (κ2) is 7.16. The lowest BCUT2D eigenvalue weighted by Crippen LogP contribution is -2.39. The molecule has 1 aromatic carbocycles. The number of nitrogens with two attached hydrogens (primary N) is 1. The molecule has 1 amide bonds. The van der Waals surface area contributed by atoms with Gasteiger partial charge in [-0.2, -0.15) is 0 Å². The molecule has 4 nitrogen and oxygen atoms in total. The summed E-state index contributed by atoms with van der Waals surface area (Å²) in [4.78, 5) is 11.4. The SMILES string of the molecule is COCC(N)C(=O)Nc1ccc(F)c(F)c1.Cl. The van der Waals surface area contributed by atoms with E-state index in [-0.39, 0.29) is 24.7 Å². The number of rotatable bonds is 4. The van der Waals surface area contributed by atoms with Gasteiger partial charge in [0.15, 0.2) is 11.6 Å². The first-order valence-electron chi connectivity index (χ1n) is 4.55. The Balaban J connectivity index is 0.00000256. The fourth-order valence-electron chi connectivity index (χ4n) is 1.06. The third kappa shape index (κ3) is 4.64. The molecule has 0 fully saturated rings. The van der Waals surface area contributed by atoms with Crippen molar-refractivity contribution in [1.82, 2.24) is 0 Å². The van der Waals surface area contributed by atoms with Crippen molar-refractivity contribution < 1.29 is 18.3 Å². The van der Waals surface area contributed by atoms with Gasteiger partial charge in [-0.3, -0.25) is 4.79 Å². The van der Waals surface area contributed by atoms with Gasteiger partial charge in [-0.25, -0.2) is 8.78 Å². The maximum Gasteiger partial charge on any atom is 0.243 e. The minimum absolute atomic E-state index is 0. The Morgan fingerprint density at radius 2 is 2.12 bits per heavy atom. The minimum atomic E-state index is -1.03. The molecule has 1 aromatic rings. The molecule has 0 heterocycles. The van der Waals surface area contributed by atoms with Crippen LogP contribution >= 0.6 is 12.4 Å². The number of anilines is 1. The number of amides is 1. The van der Waals surface area contributed by atoms with Crippen molar-refractivity contribution in [2.24, 2.45) is 5.73 Å². The molecule has 3 N–H and O–H groups in total. The van der Waals surface area contributed by atoms with Crippen molar-refractivity contribution >= 4 is 24.0 Å². The van der Waals surface area contributed by atoms with Crippen LogP contribution in [-0.4, -0.2) is 25.7 Å². The minimum Gasteiger partial charge on any atom is -0.383 e. The number of hydrogen-bond acceptors (Lipinski definition) is 3. The predicted octanol–water partition coefficient (Wildman–Crippen LogP) is 1.30. The average Bonchev–Trinajstić information content (AvgIpc) is 2.24. The van der Waals surface area contributed by atoms with Crippen molar-refractivity contribution in [2.75, 3.05) is 19.0 Å². The summed E-state index contributed by atoms with van der Waals surface area (Å²) in [5.74, 6) is -2.52. The van der Waals surface area contributed by atoms with Crippen LogP contribution in [0, 0.1) is 11.6 Å². The maximum absolute atomic E-state index is 12.8. The van der Waals surface area contributed by atoms with Gasteiger partial charge < -0.3 is 15.8 Å². The Kier molecular flexibility index (Phi) is 6.64. The van der Waals surface area contributed by atoms with E-state index in [2.05, 4.69) is 10.1 Å². The average molecular weight is 267 g/mol. The second-order valence-electron chi connectivity index (χ2n) is 3.18. The zero-order valence-electron chi connectivity index (χ0n) is 9.07. The summed E-state index contributed by atoms with van der Waals surface area (Å²) >= 11 is 0. The fourth-order valence-corrected chi connectivity index (χ4v) is 1.06. The monoisotopic (exact) mass is 266 g/mol. The van der Waals surface area contributed by atoms with Gasteiger partial charge in [0.05, 0.1) is 6.61 Å². The summed E-state index contributed by atoms with van der Waals surface area (Å²) in [5.41, 5.74) is 5.59. The largest absolute Gasteiger partial charge is 0.383 e. The van der Waals surface area contributed by atoms with Crippen molar-refractivity contribution in [3.63, 3.8) is 0 Å². The summed E-state index contributed by atoms with van der Waals surface area (Å²) in [7, 11) is 1.41. The number of methoxy groups -OCH3 is 1. The molecule has 0 saturated heterocycles. The highest BCUT2D eigenvalue weighted by Crippen LogP contribution is 2.13.